The van der Waals surface area contributed by atoms with Gasteiger partial charge in [-0.05, 0) is 71.7 Å². The number of rotatable bonds is 7. The van der Waals surface area contributed by atoms with E-state index in [2.05, 4.69) is 20.6 Å². The first-order valence-electron chi connectivity index (χ1n) is 12.8. The fourth-order valence-electron chi connectivity index (χ4n) is 5.39. The van der Waals surface area contributed by atoms with Gasteiger partial charge in [0, 0.05) is 28.3 Å². The molecule has 2 heterocycles. The van der Waals surface area contributed by atoms with Crippen LogP contribution in [0, 0.1) is 23.4 Å². The van der Waals surface area contributed by atoms with Crippen molar-refractivity contribution < 1.29 is 17.9 Å². The number of H-pyrrole nitrogens is 1. The normalized spacial score (nSPS) is 15.1. The Morgan fingerprint density at radius 1 is 0.923 bits per heavy atom. The molecule has 2 aromatic heterocycles. The molecule has 1 atom stereocenters. The zero-order valence-corrected chi connectivity index (χ0v) is 21.5. The van der Waals surface area contributed by atoms with Crippen LogP contribution in [0.15, 0.2) is 54.6 Å². The van der Waals surface area contributed by atoms with E-state index in [4.69, 9.17) is 21.3 Å². The minimum absolute atomic E-state index is 0.0710. The summed E-state index contributed by atoms with van der Waals surface area (Å²) < 4.78 is 51.8. The van der Waals surface area contributed by atoms with Crippen LogP contribution < -0.4 is 4.74 Å². The Hall–Kier alpha value is -3.92. The van der Waals surface area contributed by atoms with Crippen molar-refractivity contribution in [3.8, 4) is 28.5 Å². The van der Waals surface area contributed by atoms with Gasteiger partial charge in [0.1, 0.15) is 12.4 Å². The monoisotopic (exact) mass is 552 g/mol. The molecule has 0 amide bonds. The average molecular weight is 553 g/mol. The number of nitrogens with zero attached hydrogens (tertiary/aromatic N) is 5. The van der Waals surface area contributed by atoms with Gasteiger partial charge in [-0.3, -0.25) is 0 Å². The quantitative estimate of drug-likeness (QED) is 0.232. The highest BCUT2D eigenvalue weighted by molar-refractivity contribution is 6.30. The minimum atomic E-state index is -0.968. The Morgan fingerprint density at radius 2 is 1.67 bits per heavy atom. The van der Waals surface area contributed by atoms with Crippen molar-refractivity contribution in [2.24, 2.45) is 5.92 Å². The lowest BCUT2D eigenvalue weighted by Gasteiger charge is -2.32. The van der Waals surface area contributed by atoms with Gasteiger partial charge in [-0.1, -0.05) is 30.9 Å². The third-order valence-corrected chi connectivity index (χ3v) is 7.57. The molecule has 1 N–H and O–H groups in total. The molecule has 39 heavy (non-hydrogen) atoms. The molecule has 1 fully saturated rings. The van der Waals surface area contributed by atoms with Gasteiger partial charge in [-0.2, -0.15) is 0 Å². The number of imidazole rings is 1. The van der Waals surface area contributed by atoms with Crippen molar-refractivity contribution in [3.63, 3.8) is 0 Å². The van der Waals surface area contributed by atoms with E-state index < -0.39 is 17.5 Å². The summed E-state index contributed by atoms with van der Waals surface area (Å²) in [6.45, 7) is 0.107. The Bertz CT molecular complexity index is 1600. The van der Waals surface area contributed by atoms with Crippen molar-refractivity contribution in [1.29, 1.82) is 0 Å². The van der Waals surface area contributed by atoms with Crippen molar-refractivity contribution in [3.05, 3.63) is 77.1 Å². The molecule has 0 saturated heterocycles. The number of aromatic nitrogens is 6. The third-order valence-electron chi connectivity index (χ3n) is 7.32. The maximum Gasteiger partial charge on any atom is 0.179 e. The van der Waals surface area contributed by atoms with Gasteiger partial charge in [-0.15, -0.1) is 5.10 Å². The van der Waals surface area contributed by atoms with E-state index in [1.807, 2.05) is 16.7 Å². The first kappa shape index (κ1) is 25.4. The SMILES string of the molecule is Fc1cc2nc(-c3ccc(Cl)cc3)n([C@H](COc3ccc(-c4nnn[nH]4)cc3F)C3CCCCC3)c2cc1F. The number of aromatic amines is 1. The van der Waals surface area contributed by atoms with Crippen LogP contribution in [0.25, 0.3) is 33.8 Å². The zero-order chi connectivity index (χ0) is 26.9. The van der Waals surface area contributed by atoms with Crippen molar-refractivity contribution in [2.45, 2.75) is 38.1 Å². The first-order valence-corrected chi connectivity index (χ1v) is 13.1. The van der Waals surface area contributed by atoms with Crippen molar-refractivity contribution >= 4 is 22.6 Å². The molecule has 0 aliphatic heterocycles. The Labute approximate surface area is 227 Å². The van der Waals surface area contributed by atoms with E-state index in [0.29, 0.717) is 33.3 Å². The molecular weight excluding hydrogens is 529 g/mol. The number of benzene rings is 3. The van der Waals surface area contributed by atoms with Crippen LogP contribution in [0.3, 0.4) is 0 Å². The number of fused-ring (bicyclic) bond motifs is 1. The van der Waals surface area contributed by atoms with E-state index in [-0.39, 0.29) is 24.3 Å². The number of hydrogen-bond donors (Lipinski definition) is 1. The Kier molecular flexibility index (Phi) is 6.95. The fraction of sp³-hybridized carbons (Fsp3) is 0.286. The van der Waals surface area contributed by atoms with Crippen LogP contribution >= 0.6 is 11.6 Å². The molecule has 1 aliphatic rings. The van der Waals surface area contributed by atoms with Crippen LogP contribution in [0.1, 0.15) is 38.1 Å². The van der Waals surface area contributed by atoms with Gasteiger partial charge in [0.05, 0.1) is 17.1 Å². The summed E-state index contributed by atoms with van der Waals surface area (Å²) in [5.74, 6) is -1.37. The summed E-state index contributed by atoms with van der Waals surface area (Å²) in [6.07, 6.45) is 5.07. The molecule has 3 aromatic carbocycles. The molecule has 11 heteroatoms. The van der Waals surface area contributed by atoms with Crippen LogP contribution in [-0.2, 0) is 0 Å². The van der Waals surface area contributed by atoms with Gasteiger partial charge in [0.25, 0.3) is 0 Å². The maximum atomic E-state index is 15.1. The molecule has 1 saturated carbocycles. The van der Waals surface area contributed by atoms with Gasteiger partial charge in [0.2, 0.25) is 0 Å². The molecule has 0 spiro atoms. The smallest absolute Gasteiger partial charge is 0.179 e. The minimum Gasteiger partial charge on any atom is -0.488 e. The van der Waals surface area contributed by atoms with Crippen molar-refractivity contribution in [1.82, 2.24) is 30.2 Å². The Morgan fingerprint density at radius 3 is 2.38 bits per heavy atom. The van der Waals surface area contributed by atoms with Gasteiger partial charge in [0.15, 0.2) is 29.0 Å². The Balaban J connectivity index is 1.42. The lowest BCUT2D eigenvalue weighted by Crippen LogP contribution is -2.28. The number of hydrogen-bond acceptors (Lipinski definition) is 5. The molecule has 5 aromatic rings. The number of nitrogens with one attached hydrogen (secondary N) is 1. The topological polar surface area (TPSA) is 81.5 Å². The summed E-state index contributed by atoms with van der Waals surface area (Å²) >= 11 is 6.12. The molecule has 0 bridgehead atoms. The van der Waals surface area contributed by atoms with E-state index in [1.54, 1.807) is 18.2 Å². The largest absolute Gasteiger partial charge is 0.488 e. The third kappa shape index (κ3) is 5.08. The average Bonchev–Trinajstić information content (AvgIpc) is 3.60. The van der Waals surface area contributed by atoms with E-state index >= 15 is 4.39 Å². The first-order chi connectivity index (χ1) is 19.0. The number of halogens is 4. The second kappa shape index (κ2) is 10.7. The van der Waals surface area contributed by atoms with Crippen LogP contribution in [0.5, 0.6) is 5.75 Å². The number of tetrazole rings is 1. The van der Waals surface area contributed by atoms with E-state index in [0.717, 1.165) is 43.7 Å². The van der Waals surface area contributed by atoms with Gasteiger partial charge < -0.3 is 9.30 Å². The van der Waals surface area contributed by atoms with Crippen molar-refractivity contribution in [2.75, 3.05) is 6.61 Å². The highest BCUT2D eigenvalue weighted by atomic mass is 35.5. The molecule has 0 radical (unpaired) electrons. The number of ether oxygens (including phenoxy) is 1. The lowest BCUT2D eigenvalue weighted by atomic mass is 9.83. The zero-order valence-electron chi connectivity index (χ0n) is 20.7. The van der Waals surface area contributed by atoms with Crippen LogP contribution in [0.4, 0.5) is 13.2 Å². The molecule has 0 unspecified atom stereocenters. The highest BCUT2D eigenvalue weighted by Gasteiger charge is 2.30. The van der Waals surface area contributed by atoms with Gasteiger partial charge in [-0.25, -0.2) is 23.3 Å². The second-order valence-electron chi connectivity index (χ2n) is 9.74. The maximum absolute atomic E-state index is 15.1. The van der Waals surface area contributed by atoms with Gasteiger partial charge >= 0.3 is 0 Å². The molecule has 1 aliphatic carbocycles. The molecule has 7 nitrogen and oxygen atoms in total. The summed E-state index contributed by atoms with van der Waals surface area (Å²) in [4.78, 5) is 4.70. The fourth-order valence-corrected chi connectivity index (χ4v) is 5.52. The standard InChI is InChI=1S/C28H24ClF3N6O/c29-19-9-6-17(7-10-19)28-33-23-13-20(30)21(31)14-24(23)38(28)25(16-4-2-1-3-5-16)15-39-26-11-8-18(12-22(26)32)27-34-36-37-35-27/h6-14,16,25H,1-5,15H2,(H,34,35,36,37)/t25-/m1/s1. The lowest BCUT2D eigenvalue weighted by molar-refractivity contribution is 0.166. The predicted molar refractivity (Wildman–Crippen MR) is 141 cm³/mol. The van der Waals surface area contributed by atoms with E-state index in [9.17, 15) is 8.78 Å². The second-order valence-corrected chi connectivity index (χ2v) is 10.2. The summed E-state index contributed by atoms with van der Waals surface area (Å²) in [6, 6.07) is 13.6. The van der Waals surface area contributed by atoms with E-state index in [1.165, 1.54) is 18.2 Å². The molecule has 200 valence electrons. The molecule has 6 rings (SSSR count). The van der Waals surface area contributed by atoms with Crippen LogP contribution in [-0.4, -0.2) is 36.8 Å². The van der Waals surface area contributed by atoms with Crippen LogP contribution in [0.2, 0.25) is 5.02 Å². The highest BCUT2D eigenvalue weighted by Crippen LogP contribution is 2.39. The summed E-state index contributed by atoms with van der Waals surface area (Å²) in [5.41, 5.74) is 2.01. The summed E-state index contributed by atoms with van der Waals surface area (Å²) in [5, 5.41) is 14.0. The summed E-state index contributed by atoms with van der Waals surface area (Å²) in [7, 11) is 0. The molecular formula is C28H24ClF3N6O. The predicted octanol–water partition coefficient (Wildman–Crippen LogP) is 7.15.